The van der Waals surface area contributed by atoms with Crippen LogP contribution >= 0.6 is 0 Å². The predicted molar refractivity (Wildman–Crippen MR) is 108 cm³/mol. The van der Waals surface area contributed by atoms with E-state index in [2.05, 4.69) is 4.90 Å². The lowest BCUT2D eigenvalue weighted by Crippen LogP contribution is -2.24. The van der Waals surface area contributed by atoms with E-state index in [0.29, 0.717) is 23.3 Å². The monoisotopic (exact) mass is 363 g/mol. The van der Waals surface area contributed by atoms with Crippen molar-refractivity contribution >= 4 is 11.0 Å². The number of phenolic OH excluding ortho intramolecular Hbond substituents is 1. The number of nitrogens with zero attached hydrogens (tertiary/aromatic N) is 1. The summed E-state index contributed by atoms with van der Waals surface area (Å²) in [5, 5.41) is 11.4. The molecular weight excluding hydrogens is 338 g/mol. The predicted octanol–water partition coefficient (Wildman–Crippen LogP) is 4.85. The van der Waals surface area contributed by atoms with Gasteiger partial charge >= 0.3 is 5.63 Å². The third-order valence-electron chi connectivity index (χ3n) is 5.56. The second kappa shape index (κ2) is 7.57. The number of phenols is 1. The third-order valence-corrected chi connectivity index (χ3v) is 5.56. The minimum Gasteiger partial charge on any atom is -0.507 e. The zero-order valence-electron chi connectivity index (χ0n) is 15.7. The summed E-state index contributed by atoms with van der Waals surface area (Å²) in [5.74, 6) is 0.196. The first-order valence-electron chi connectivity index (χ1n) is 9.71. The van der Waals surface area contributed by atoms with Crippen molar-refractivity contribution in [3.63, 3.8) is 0 Å². The Kier molecular flexibility index (Phi) is 4.99. The average Bonchev–Trinajstić information content (AvgIpc) is 2.94. The Hall–Kier alpha value is -2.59. The molecule has 0 bridgehead atoms. The Morgan fingerprint density at radius 3 is 2.41 bits per heavy atom. The lowest BCUT2D eigenvalue weighted by molar-refractivity contribution is 0.272. The molecule has 0 unspecified atom stereocenters. The van der Waals surface area contributed by atoms with Crippen LogP contribution in [0.1, 0.15) is 36.8 Å². The van der Waals surface area contributed by atoms with E-state index >= 15 is 0 Å². The number of hydrogen-bond donors (Lipinski definition) is 1. The second-order valence-electron chi connectivity index (χ2n) is 7.39. The Bertz CT molecular complexity index is 1000. The van der Waals surface area contributed by atoms with Gasteiger partial charge in [0.1, 0.15) is 11.3 Å². The molecule has 1 aromatic heterocycles. The maximum Gasteiger partial charge on any atom is 0.344 e. The van der Waals surface area contributed by atoms with E-state index in [1.807, 2.05) is 43.3 Å². The fourth-order valence-corrected chi connectivity index (χ4v) is 4.07. The van der Waals surface area contributed by atoms with Gasteiger partial charge in [-0.15, -0.1) is 0 Å². The van der Waals surface area contributed by atoms with E-state index in [4.69, 9.17) is 4.42 Å². The minimum absolute atomic E-state index is 0.196. The Labute approximate surface area is 159 Å². The number of likely N-dealkylation sites (tertiary alicyclic amines) is 1. The molecule has 4 nitrogen and oxygen atoms in total. The Balaban J connectivity index is 1.83. The molecule has 2 aromatic carbocycles. The van der Waals surface area contributed by atoms with Crippen LogP contribution < -0.4 is 5.63 Å². The molecule has 0 atom stereocenters. The smallest absolute Gasteiger partial charge is 0.344 e. The highest BCUT2D eigenvalue weighted by atomic mass is 16.4. The molecule has 0 radical (unpaired) electrons. The standard InChI is InChI=1S/C23H25NO3/c1-16-18-11-12-20(25)19(15-24-13-7-2-3-8-14-24)22(18)27-23(26)21(16)17-9-5-4-6-10-17/h4-6,9-12,25H,2-3,7-8,13-15H2,1H3. The number of rotatable bonds is 3. The van der Waals surface area contributed by atoms with Gasteiger partial charge < -0.3 is 9.52 Å². The van der Waals surface area contributed by atoms with Crippen LogP contribution in [0.4, 0.5) is 0 Å². The van der Waals surface area contributed by atoms with Crippen LogP contribution in [-0.4, -0.2) is 23.1 Å². The van der Waals surface area contributed by atoms with Crippen LogP contribution in [0.5, 0.6) is 5.75 Å². The molecule has 0 saturated carbocycles. The molecule has 0 spiro atoms. The number of aryl methyl sites for hydroxylation is 1. The summed E-state index contributed by atoms with van der Waals surface area (Å²) >= 11 is 0. The van der Waals surface area contributed by atoms with Gasteiger partial charge in [-0.1, -0.05) is 43.2 Å². The summed E-state index contributed by atoms with van der Waals surface area (Å²) in [7, 11) is 0. The first-order valence-corrected chi connectivity index (χ1v) is 9.71. The van der Waals surface area contributed by atoms with E-state index in [0.717, 1.165) is 29.6 Å². The molecule has 3 aromatic rings. The molecule has 27 heavy (non-hydrogen) atoms. The molecule has 1 aliphatic heterocycles. The van der Waals surface area contributed by atoms with Gasteiger partial charge in [0.15, 0.2) is 0 Å². The topological polar surface area (TPSA) is 53.7 Å². The fourth-order valence-electron chi connectivity index (χ4n) is 4.07. The highest BCUT2D eigenvalue weighted by Gasteiger charge is 2.19. The molecule has 0 amide bonds. The summed E-state index contributed by atoms with van der Waals surface area (Å²) in [4.78, 5) is 15.2. The summed E-state index contributed by atoms with van der Waals surface area (Å²) in [5.41, 5.74) is 3.22. The Morgan fingerprint density at radius 1 is 1.00 bits per heavy atom. The van der Waals surface area contributed by atoms with Crippen LogP contribution in [0.15, 0.2) is 51.7 Å². The Morgan fingerprint density at radius 2 is 1.70 bits per heavy atom. The van der Waals surface area contributed by atoms with Crippen LogP contribution in [-0.2, 0) is 6.54 Å². The molecular formula is C23H25NO3. The van der Waals surface area contributed by atoms with Crippen molar-refractivity contribution in [2.24, 2.45) is 0 Å². The van der Waals surface area contributed by atoms with Crippen LogP contribution in [0, 0.1) is 6.92 Å². The van der Waals surface area contributed by atoms with Gasteiger partial charge in [0.2, 0.25) is 0 Å². The van der Waals surface area contributed by atoms with Crippen molar-refractivity contribution in [3.8, 4) is 16.9 Å². The number of fused-ring (bicyclic) bond motifs is 1. The van der Waals surface area contributed by atoms with Crippen LogP contribution in [0.25, 0.3) is 22.1 Å². The van der Waals surface area contributed by atoms with E-state index in [9.17, 15) is 9.90 Å². The number of hydrogen-bond acceptors (Lipinski definition) is 4. The molecule has 1 saturated heterocycles. The lowest BCUT2D eigenvalue weighted by atomic mass is 9.98. The zero-order valence-corrected chi connectivity index (χ0v) is 15.7. The van der Waals surface area contributed by atoms with Gasteiger partial charge in [0, 0.05) is 11.9 Å². The molecule has 1 fully saturated rings. The van der Waals surface area contributed by atoms with Crippen molar-refractivity contribution < 1.29 is 9.52 Å². The second-order valence-corrected chi connectivity index (χ2v) is 7.39. The summed E-state index contributed by atoms with van der Waals surface area (Å²) < 4.78 is 5.77. The molecule has 0 aliphatic carbocycles. The maximum atomic E-state index is 12.8. The van der Waals surface area contributed by atoms with Crippen molar-refractivity contribution in [2.75, 3.05) is 13.1 Å². The van der Waals surface area contributed by atoms with Gasteiger partial charge in [0.05, 0.1) is 11.1 Å². The molecule has 4 rings (SSSR count). The van der Waals surface area contributed by atoms with Gasteiger partial charge in [-0.05, 0) is 56.1 Å². The zero-order chi connectivity index (χ0) is 18.8. The third kappa shape index (κ3) is 3.50. The maximum absolute atomic E-state index is 12.8. The molecule has 1 N–H and O–H groups in total. The van der Waals surface area contributed by atoms with Crippen molar-refractivity contribution in [3.05, 3.63) is 64.0 Å². The van der Waals surface area contributed by atoms with Crippen molar-refractivity contribution in [2.45, 2.75) is 39.2 Å². The SMILES string of the molecule is Cc1c(-c2ccccc2)c(=O)oc2c(CN3CCCCCC3)c(O)ccc12. The average molecular weight is 363 g/mol. The number of aromatic hydroxyl groups is 1. The molecule has 1 aliphatic rings. The van der Waals surface area contributed by atoms with Gasteiger partial charge in [-0.25, -0.2) is 4.79 Å². The molecule has 2 heterocycles. The lowest BCUT2D eigenvalue weighted by Gasteiger charge is -2.21. The van der Waals surface area contributed by atoms with Gasteiger partial charge in [-0.2, -0.15) is 0 Å². The van der Waals surface area contributed by atoms with Crippen LogP contribution in [0.3, 0.4) is 0 Å². The first-order chi connectivity index (χ1) is 13.1. The van der Waals surface area contributed by atoms with Gasteiger partial charge in [-0.3, -0.25) is 4.90 Å². The minimum atomic E-state index is -0.353. The molecule has 140 valence electrons. The van der Waals surface area contributed by atoms with E-state index in [1.165, 1.54) is 25.7 Å². The number of benzene rings is 2. The van der Waals surface area contributed by atoms with Crippen LogP contribution in [0.2, 0.25) is 0 Å². The fraction of sp³-hybridized carbons (Fsp3) is 0.348. The highest BCUT2D eigenvalue weighted by Crippen LogP contribution is 2.33. The largest absolute Gasteiger partial charge is 0.507 e. The highest BCUT2D eigenvalue weighted by molar-refractivity contribution is 5.89. The summed E-state index contributed by atoms with van der Waals surface area (Å²) in [6.45, 7) is 4.59. The van der Waals surface area contributed by atoms with E-state index in [1.54, 1.807) is 6.07 Å². The summed E-state index contributed by atoms with van der Waals surface area (Å²) in [6, 6.07) is 13.2. The molecule has 4 heteroatoms. The normalized spacial score (nSPS) is 15.7. The van der Waals surface area contributed by atoms with Crippen molar-refractivity contribution in [1.82, 2.24) is 4.90 Å². The summed E-state index contributed by atoms with van der Waals surface area (Å²) in [6.07, 6.45) is 4.86. The van der Waals surface area contributed by atoms with E-state index in [-0.39, 0.29) is 11.4 Å². The van der Waals surface area contributed by atoms with Gasteiger partial charge in [0.25, 0.3) is 0 Å². The first kappa shape index (κ1) is 17.8. The van der Waals surface area contributed by atoms with Crippen molar-refractivity contribution in [1.29, 1.82) is 0 Å². The quantitative estimate of drug-likeness (QED) is 0.676. The van der Waals surface area contributed by atoms with E-state index < -0.39 is 0 Å².